The molecule has 22 nitrogen and oxygen atoms in total. The summed E-state index contributed by atoms with van der Waals surface area (Å²) in [4.78, 5) is 29.7. The number of nitrogens with two attached hydrogens (primary N) is 1. The molecule has 6 rings (SSSR count). The zero-order valence-electron chi connectivity index (χ0n) is 45.7. The van der Waals surface area contributed by atoms with Gasteiger partial charge in [-0.3, -0.25) is 14.3 Å². The molecule has 3 aromatic rings. The predicted molar refractivity (Wildman–Crippen MR) is 283 cm³/mol. The Balaban J connectivity index is 1.16. The summed E-state index contributed by atoms with van der Waals surface area (Å²) < 4.78 is 40.3. The number of carbonyl (C=O) groups excluding carboxylic acids is 2. The largest absolute Gasteiger partial charge is 0.448 e. The van der Waals surface area contributed by atoms with Crippen LogP contribution < -0.4 is 5.73 Å². The highest BCUT2D eigenvalue weighted by Crippen LogP contribution is 2.40. The van der Waals surface area contributed by atoms with Gasteiger partial charge in [-0.2, -0.15) is 0 Å². The lowest BCUT2D eigenvalue weighted by Gasteiger charge is -2.49. The van der Waals surface area contributed by atoms with Crippen LogP contribution in [0, 0.1) is 17.8 Å². The van der Waals surface area contributed by atoms with E-state index in [9.17, 15) is 35.1 Å². The van der Waals surface area contributed by atoms with Crippen LogP contribution in [-0.4, -0.2) is 200 Å². The van der Waals surface area contributed by atoms with Crippen molar-refractivity contribution in [3.63, 3.8) is 0 Å². The van der Waals surface area contributed by atoms with Crippen LogP contribution in [-0.2, 0) is 52.6 Å². The summed E-state index contributed by atoms with van der Waals surface area (Å²) in [7, 11) is 5.26. The third-order valence-electron chi connectivity index (χ3n) is 15.9. The number of unbranched alkanes of at least 4 members (excludes halogenated alkanes) is 1. The molecule has 1 aromatic carbocycles. The van der Waals surface area contributed by atoms with E-state index in [-0.39, 0.29) is 30.6 Å². The molecule has 75 heavy (non-hydrogen) atoms. The van der Waals surface area contributed by atoms with E-state index in [1.807, 2.05) is 97.5 Å². The first-order valence-electron chi connectivity index (χ1n) is 26.3. The van der Waals surface area contributed by atoms with E-state index in [4.69, 9.17) is 34.2 Å². The van der Waals surface area contributed by atoms with Crippen LogP contribution in [0.4, 0.5) is 0 Å². The minimum Gasteiger partial charge on any atom is -0.448 e. The average molecular weight is 1170 g/mol. The molecule has 2 aromatic heterocycles. The van der Waals surface area contributed by atoms with E-state index < -0.39 is 106 Å². The lowest BCUT2D eigenvalue weighted by molar-refractivity contribution is -0.318. The van der Waals surface area contributed by atoms with Gasteiger partial charge in [-0.05, 0) is 141 Å². The van der Waals surface area contributed by atoms with E-state index in [0.29, 0.717) is 32.5 Å². The van der Waals surface area contributed by atoms with Crippen molar-refractivity contribution in [2.45, 2.75) is 202 Å². The number of halogens is 1. The molecule has 0 unspecified atom stereocenters. The molecule has 3 fully saturated rings. The maximum atomic E-state index is 14.3. The molecule has 0 saturated carbocycles. The fourth-order valence-electron chi connectivity index (χ4n) is 11.0. The van der Waals surface area contributed by atoms with Gasteiger partial charge in [0.15, 0.2) is 22.4 Å². The zero-order valence-corrected chi connectivity index (χ0v) is 47.9. The number of aromatic nitrogens is 6. The Morgan fingerprint density at radius 3 is 2.28 bits per heavy atom. The molecule has 23 heteroatoms. The first-order valence-corrected chi connectivity index (χ1v) is 27.5. The number of amides is 1. The Morgan fingerprint density at radius 2 is 1.63 bits per heavy atom. The van der Waals surface area contributed by atoms with Gasteiger partial charge >= 0.3 is 5.97 Å². The van der Waals surface area contributed by atoms with E-state index in [1.165, 1.54) is 24.9 Å². The number of hydrogen-bond acceptors (Lipinski definition) is 19. The maximum absolute atomic E-state index is 14.3. The number of rotatable bonds is 16. The molecule has 0 aliphatic carbocycles. The monoisotopic (exact) mass is 1170 g/mol. The molecule has 7 N–H and O–H groups in total. The summed E-state index contributed by atoms with van der Waals surface area (Å²) in [6.07, 6.45) is -1.50. The Labute approximate surface area is 455 Å². The first kappa shape index (κ1) is 60.9. The van der Waals surface area contributed by atoms with E-state index >= 15 is 0 Å². The Kier molecular flexibility index (Phi) is 20.8. The number of alkyl halides is 1. The number of esters is 1. The number of cyclic esters (lactones) is 1. The molecular weight excluding hydrogens is 1090 g/mol. The number of hydrogen-bond donors (Lipinski definition) is 6. The van der Waals surface area contributed by atoms with Gasteiger partial charge in [0.05, 0.1) is 59.1 Å². The number of benzene rings is 1. The number of aryl methyl sites for hydroxylation is 2. The number of carbonyl (C=O) groups is 2. The van der Waals surface area contributed by atoms with Gasteiger partial charge in [0.25, 0.3) is 5.91 Å². The first-order chi connectivity index (χ1) is 35.1. The number of aliphatic hydroxyl groups is 5. The summed E-state index contributed by atoms with van der Waals surface area (Å²) in [5.74, 6) is -3.46. The summed E-state index contributed by atoms with van der Waals surface area (Å²) in [5, 5.41) is 75.9. The van der Waals surface area contributed by atoms with Crippen LogP contribution in [0.1, 0.15) is 116 Å². The van der Waals surface area contributed by atoms with Gasteiger partial charge in [0.2, 0.25) is 0 Å². The second-order valence-corrected chi connectivity index (χ2v) is 23.5. The van der Waals surface area contributed by atoms with E-state index in [0.717, 1.165) is 36.2 Å². The van der Waals surface area contributed by atoms with Gasteiger partial charge in [0, 0.05) is 63.8 Å². The maximum Gasteiger partial charge on any atom is 0.312 e. The molecule has 0 radical (unpaired) electrons. The van der Waals surface area contributed by atoms with Gasteiger partial charge in [0.1, 0.15) is 23.9 Å². The molecule has 5 heterocycles. The zero-order chi connectivity index (χ0) is 55.3. The van der Waals surface area contributed by atoms with E-state index in [2.05, 4.69) is 25.5 Å². The van der Waals surface area contributed by atoms with Crippen molar-refractivity contribution >= 4 is 34.5 Å². The smallest absolute Gasteiger partial charge is 0.312 e. The number of nitrogens with zero attached hydrogens (tertiary/aromatic N) is 8. The van der Waals surface area contributed by atoms with Crippen LogP contribution >= 0.6 is 22.6 Å². The van der Waals surface area contributed by atoms with Crippen molar-refractivity contribution in [1.82, 2.24) is 39.8 Å². The normalized spacial score (nSPS) is 38.0. The number of aliphatic hydroxyl groups excluding tert-OH is 3. The van der Waals surface area contributed by atoms with Crippen molar-refractivity contribution in [3.05, 3.63) is 53.6 Å². The third-order valence-corrected chi connectivity index (χ3v) is 17.4. The fourth-order valence-corrected chi connectivity index (χ4v) is 11.6. The lowest BCUT2D eigenvalue weighted by Crippen LogP contribution is -2.60. The topological polar surface area (TPSA) is 285 Å². The van der Waals surface area contributed by atoms with Crippen molar-refractivity contribution in [1.29, 1.82) is 0 Å². The standard InChI is InChI=1S/C52H84IN9O13/c1-29-24-50(7,68)45(31(3)42(73-40-25-51(8,70-12)44(65)34(6)72-40)32(4)47(67)75-49(53)52(9,69)43(64)33(5)60(11)26-29)74-48-41(63)39(23-30(2)71-48)59(10)22-20-36-27-61(57-55-36)21-14-13-15-35-16-18-37(19-17-35)62-28-38(46(54)66)56-58-62/h16-19,27-34,39-45,48-49,63-65,68-69H,13-15,20-26H2,1-12H3,(H2,54,66)/t29-,30-,31+,32-,33-,34+,39+,40+,41-,42+,43-,44+,45-,48+,49+,50-,51-,52+/m1/s1. The second-order valence-electron chi connectivity index (χ2n) is 22.4. The van der Waals surface area contributed by atoms with Crippen LogP contribution in [0.3, 0.4) is 0 Å². The SMILES string of the molecule is CO[C@]1(C)C[C@H](O[C@H]2[C@H](C)[C@@H](O[C@@H]3O[C@H](C)C[C@H](N(C)CCc4cn(CCCCc5ccc(-n6cc(C(N)=O)nn6)cc5)nn4)[C@H]3O)[C@](C)(O)C[C@@H](C)CN(C)[C@H](C)[C@@H](O)[C@](C)(O)[C@@H](I)OC(=O)[C@@H]2C)O[C@@H](C)[C@@H]1O. The molecule has 18 atom stereocenters. The van der Waals surface area contributed by atoms with Crippen molar-refractivity contribution < 1.29 is 63.5 Å². The quantitative estimate of drug-likeness (QED) is 0.0520. The Morgan fingerprint density at radius 1 is 0.933 bits per heavy atom. The van der Waals surface area contributed by atoms with Crippen LogP contribution in [0.25, 0.3) is 5.69 Å². The van der Waals surface area contributed by atoms with Gasteiger partial charge in [-0.15, -0.1) is 10.2 Å². The number of likely N-dealkylation sites (N-methyl/N-ethyl adjacent to an activating group) is 2. The molecule has 3 aliphatic heterocycles. The van der Waals surface area contributed by atoms with Gasteiger partial charge in [-0.1, -0.05) is 36.4 Å². The highest BCUT2D eigenvalue weighted by atomic mass is 127. The van der Waals surface area contributed by atoms with Gasteiger partial charge in [-0.25, -0.2) is 4.68 Å². The molecular formula is C52H84IN9O13. The molecule has 0 spiro atoms. The number of primary amides is 1. The predicted octanol–water partition coefficient (Wildman–Crippen LogP) is 2.79. The summed E-state index contributed by atoms with van der Waals surface area (Å²) >= 11 is 1.83. The van der Waals surface area contributed by atoms with Crippen LogP contribution in [0.2, 0.25) is 0 Å². The average Bonchev–Trinajstić information content (AvgIpc) is 4.05. The number of ether oxygens (including phenoxy) is 6. The van der Waals surface area contributed by atoms with Crippen LogP contribution in [0.5, 0.6) is 0 Å². The number of methoxy groups -OCH3 is 1. The highest BCUT2D eigenvalue weighted by molar-refractivity contribution is 14.1. The molecule has 3 aliphatic rings. The summed E-state index contributed by atoms with van der Waals surface area (Å²) in [5.41, 5.74) is 3.60. The second kappa shape index (κ2) is 25.7. The fraction of sp³-hybridized carbons (Fsp3) is 0.769. The van der Waals surface area contributed by atoms with Gasteiger partial charge < -0.3 is 69.5 Å². The van der Waals surface area contributed by atoms with Crippen molar-refractivity contribution in [2.75, 3.05) is 34.3 Å². The minimum atomic E-state index is -1.86. The Hall–Kier alpha value is -3.31. The molecule has 3 saturated heterocycles. The molecule has 422 valence electrons. The third kappa shape index (κ3) is 14.9. The van der Waals surface area contributed by atoms with E-state index in [1.54, 1.807) is 34.6 Å². The van der Waals surface area contributed by atoms with Crippen molar-refractivity contribution in [3.8, 4) is 5.69 Å². The Bertz CT molecular complexity index is 2310. The molecule has 1 amide bonds. The summed E-state index contributed by atoms with van der Waals surface area (Å²) in [6, 6.07) is 6.90. The molecule has 0 bridgehead atoms. The summed E-state index contributed by atoms with van der Waals surface area (Å²) in [6.45, 7) is 17.3. The minimum absolute atomic E-state index is 0.0959. The highest BCUT2D eigenvalue weighted by Gasteiger charge is 2.53. The lowest BCUT2D eigenvalue weighted by atomic mass is 9.77. The van der Waals surface area contributed by atoms with Crippen molar-refractivity contribution in [2.24, 2.45) is 23.5 Å². The van der Waals surface area contributed by atoms with Crippen LogP contribution in [0.15, 0.2) is 36.7 Å².